The topological polar surface area (TPSA) is 47.0 Å². The second kappa shape index (κ2) is 7.02. The Labute approximate surface area is 124 Å². The van der Waals surface area contributed by atoms with E-state index in [-0.39, 0.29) is 5.82 Å². The van der Waals surface area contributed by atoms with Gasteiger partial charge in [0.05, 0.1) is 5.56 Å². The molecular weight excluding hydrogens is 269 g/mol. The Morgan fingerprint density at radius 2 is 1.86 bits per heavy atom. The number of hydrogen-bond donors (Lipinski definition) is 1. The minimum Gasteiger partial charge on any atom is -0.439 e. The van der Waals surface area contributed by atoms with Crippen molar-refractivity contribution in [2.75, 3.05) is 11.9 Å². The summed E-state index contributed by atoms with van der Waals surface area (Å²) in [6, 6.07) is 5.90. The van der Waals surface area contributed by atoms with E-state index in [1.54, 1.807) is 12.1 Å². The summed E-state index contributed by atoms with van der Waals surface area (Å²) in [7, 11) is 0. The highest BCUT2D eigenvalue weighted by Crippen LogP contribution is 2.27. The average molecular weight is 289 g/mol. The highest BCUT2D eigenvalue weighted by molar-refractivity contribution is 5.49. The number of aryl methyl sites for hydroxylation is 1. The van der Waals surface area contributed by atoms with Gasteiger partial charge in [0, 0.05) is 13.0 Å². The third-order valence-electron chi connectivity index (χ3n) is 3.03. The van der Waals surface area contributed by atoms with Crippen LogP contribution >= 0.6 is 0 Å². The molecule has 0 bridgehead atoms. The van der Waals surface area contributed by atoms with Gasteiger partial charge in [-0.3, -0.25) is 0 Å². The highest BCUT2D eigenvalue weighted by atomic mass is 19.1. The first-order chi connectivity index (χ1) is 10.1. The molecule has 1 heterocycles. The van der Waals surface area contributed by atoms with E-state index >= 15 is 0 Å². The number of hydrogen-bond acceptors (Lipinski definition) is 4. The monoisotopic (exact) mass is 289 g/mol. The summed E-state index contributed by atoms with van der Waals surface area (Å²) in [4.78, 5) is 8.89. The molecule has 0 aliphatic carbocycles. The molecule has 4 nitrogen and oxygen atoms in total. The third kappa shape index (κ3) is 3.90. The first kappa shape index (κ1) is 15.2. The largest absolute Gasteiger partial charge is 0.439 e. The molecule has 2 aromatic rings. The number of benzene rings is 1. The number of nitrogens with one attached hydrogen (secondary N) is 1. The minimum absolute atomic E-state index is 0.290. The summed E-state index contributed by atoms with van der Waals surface area (Å²) >= 11 is 0. The van der Waals surface area contributed by atoms with Gasteiger partial charge < -0.3 is 10.1 Å². The zero-order valence-corrected chi connectivity index (χ0v) is 12.6. The summed E-state index contributed by atoms with van der Waals surface area (Å²) in [5.41, 5.74) is 0.852. The Bertz CT molecular complexity index is 599. The average Bonchev–Trinajstić information content (AvgIpc) is 2.50. The van der Waals surface area contributed by atoms with Gasteiger partial charge in [-0.2, -0.15) is 4.98 Å². The third-order valence-corrected chi connectivity index (χ3v) is 3.03. The molecule has 0 saturated carbocycles. The van der Waals surface area contributed by atoms with Gasteiger partial charge in [0.15, 0.2) is 0 Å². The molecule has 0 amide bonds. The fourth-order valence-corrected chi connectivity index (χ4v) is 1.83. The molecule has 112 valence electrons. The lowest BCUT2D eigenvalue weighted by Crippen LogP contribution is -2.08. The van der Waals surface area contributed by atoms with Crippen LogP contribution in [0.25, 0.3) is 0 Å². The second-order valence-corrected chi connectivity index (χ2v) is 4.75. The van der Waals surface area contributed by atoms with E-state index in [2.05, 4.69) is 22.2 Å². The standard InChI is InChI=1S/C16H20FN3O/c1-4-10-18-15-11(3)16(20-14(5-2)19-15)21-13-8-6-12(17)7-9-13/h6-9H,4-5,10H2,1-3H3,(H,18,19,20). The molecular formula is C16H20FN3O. The Kier molecular flexibility index (Phi) is 5.09. The lowest BCUT2D eigenvalue weighted by Gasteiger charge is -2.13. The summed E-state index contributed by atoms with van der Waals surface area (Å²) < 4.78 is 18.7. The van der Waals surface area contributed by atoms with Gasteiger partial charge in [-0.15, -0.1) is 0 Å². The number of nitrogens with zero attached hydrogens (tertiary/aromatic N) is 2. The molecule has 0 aliphatic heterocycles. The van der Waals surface area contributed by atoms with Crippen molar-refractivity contribution in [3.05, 3.63) is 41.5 Å². The molecule has 0 spiro atoms. The maximum absolute atomic E-state index is 12.9. The van der Waals surface area contributed by atoms with Crippen LogP contribution in [0.1, 0.15) is 31.7 Å². The van der Waals surface area contributed by atoms with Crippen LogP contribution in [0.3, 0.4) is 0 Å². The van der Waals surface area contributed by atoms with E-state index < -0.39 is 0 Å². The summed E-state index contributed by atoms with van der Waals surface area (Å²) in [6.07, 6.45) is 1.74. The molecule has 0 atom stereocenters. The Morgan fingerprint density at radius 3 is 2.48 bits per heavy atom. The predicted molar refractivity (Wildman–Crippen MR) is 81.4 cm³/mol. The van der Waals surface area contributed by atoms with Crippen molar-refractivity contribution in [3.63, 3.8) is 0 Å². The molecule has 2 rings (SSSR count). The van der Waals surface area contributed by atoms with Crippen molar-refractivity contribution >= 4 is 5.82 Å². The predicted octanol–water partition coefficient (Wildman–Crippen LogP) is 4.10. The van der Waals surface area contributed by atoms with Crippen molar-refractivity contribution in [1.29, 1.82) is 0 Å². The number of halogens is 1. The van der Waals surface area contributed by atoms with Crippen molar-refractivity contribution in [1.82, 2.24) is 9.97 Å². The lowest BCUT2D eigenvalue weighted by atomic mass is 10.3. The van der Waals surface area contributed by atoms with E-state index in [0.717, 1.165) is 36.6 Å². The second-order valence-electron chi connectivity index (χ2n) is 4.75. The SMILES string of the molecule is CCCNc1nc(CC)nc(Oc2ccc(F)cc2)c1C. The molecule has 0 unspecified atom stereocenters. The minimum atomic E-state index is -0.290. The zero-order chi connectivity index (χ0) is 15.2. The van der Waals surface area contributed by atoms with Crippen LogP contribution in [-0.4, -0.2) is 16.5 Å². The number of aromatic nitrogens is 2. The van der Waals surface area contributed by atoms with E-state index in [1.807, 2.05) is 13.8 Å². The van der Waals surface area contributed by atoms with E-state index in [0.29, 0.717) is 11.6 Å². The first-order valence-corrected chi connectivity index (χ1v) is 7.18. The van der Waals surface area contributed by atoms with E-state index in [4.69, 9.17) is 4.74 Å². The maximum Gasteiger partial charge on any atom is 0.227 e. The quantitative estimate of drug-likeness (QED) is 0.869. The first-order valence-electron chi connectivity index (χ1n) is 7.18. The van der Waals surface area contributed by atoms with Crippen molar-refractivity contribution < 1.29 is 9.13 Å². The highest BCUT2D eigenvalue weighted by Gasteiger charge is 2.12. The van der Waals surface area contributed by atoms with Gasteiger partial charge in [-0.1, -0.05) is 13.8 Å². The van der Waals surface area contributed by atoms with Gasteiger partial charge in [0.2, 0.25) is 5.88 Å². The summed E-state index contributed by atoms with van der Waals surface area (Å²) in [6.45, 7) is 6.85. The van der Waals surface area contributed by atoms with Crippen molar-refractivity contribution in [2.24, 2.45) is 0 Å². The molecule has 21 heavy (non-hydrogen) atoms. The van der Waals surface area contributed by atoms with Crippen molar-refractivity contribution in [3.8, 4) is 11.6 Å². The number of ether oxygens (including phenoxy) is 1. The number of rotatable bonds is 6. The van der Waals surface area contributed by atoms with Crippen molar-refractivity contribution in [2.45, 2.75) is 33.6 Å². The number of anilines is 1. The Morgan fingerprint density at radius 1 is 1.14 bits per heavy atom. The van der Waals surface area contributed by atoms with Gasteiger partial charge >= 0.3 is 0 Å². The van der Waals surface area contributed by atoms with Crippen LogP contribution < -0.4 is 10.1 Å². The van der Waals surface area contributed by atoms with Crippen LogP contribution in [-0.2, 0) is 6.42 Å². The van der Waals surface area contributed by atoms with E-state index in [9.17, 15) is 4.39 Å². The molecule has 1 N–H and O–H groups in total. The summed E-state index contributed by atoms with van der Waals surface area (Å²) in [5.74, 6) is 2.28. The molecule has 5 heteroatoms. The van der Waals surface area contributed by atoms with Gasteiger partial charge in [-0.05, 0) is 37.6 Å². The van der Waals surface area contributed by atoms with Crippen LogP contribution in [0.2, 0.25) is 0 Å². The molecule has 0 radical (unpaired) electrons. The normalized spacial score (nSPS) is 10.5. The molecule has 0 saturated heterocycles. The molecule has 0 fully saturated rings. The fraction of sp³-hybridized carbons (Fsp3) is 0.375. The zero-order valence-electron chi connectivity index (χ0n) is 12.6. The molecule has 1 aromatic carbocycles. The van der Waals surface area contributed by atoms with Crippen LogP contribution in [0, 0.1) is 12.7 Å². The van der Waals surface area contributed by atoms with Crippen LogP contribution in [0.15, 0.2) is 24.3 Å². The lowest BCUT2D eigenvalue weighted by molar-refractivity contribution is 0.453. The van der Waals surface area contributed by atoms with Gasteiger partial charge in [0.25, 0.3) is 0 Å². The molecule has 0 aliphatic rings. The van der Waals surface area contributed by atoms with Gasteiger partial charge in [0.1, 0.15) is 23.2 Å². The smallest absolute Gasteiger partial charge is 0.227 e. The van der Waals surface area contributed by atoms with Gasteiger partial charge in [-0.25, -0.2) is 9.37 Å². The maximum atomic E-state index is 12.9. The Hall–Kier alpha value is -2.17. The summed E-state index contributed by atoms with van der Waals surface area (Å²) in [5, 5.41) is 3.28. The Balaban J connectivity index is 2.30. The fourth-order valence-electron chi connectivity index (χ4n) is 1.83. The molecule has 1 aromatic heterocycles. The van der Waals surface area contributed by atoms with Crippen LogP contribution in [0.4, 0.5) is 10.2 Å². The van der Waals surface area contributed by atoms with Crippen LogP contribution in [0.5, 0.6) is 11.6 Å². The van der Waals surface area contributed by atoms with E-state index in [1.165, 1.54) is 12.1 Å².